The van der Waals surface area contributed by atoms with Crippen LogP contribution in [0.25, 0.3) is 0 Å². The number of H-pyrrole nitrogens is 1. The number of aromatic amines is 1. The quantitative estimate of drug-likeness (QED) is 0.786. The SMILES string of the molecule is CCCc1cc[nH]c1C(C)c1ccccc1. The smallest absolute Gasteiger partial charge is 0.0252 e. The van der Waals surface area contributed by atoms with E-state index < -0.39 is 0 Å². The average molecular weight is 213 g/mol. The van der Waals surface area contributed by atoms with Crippen LogP contribution in [0.15, 0.2) is 42.6 Å². The van der Waals surface area contributed by atoms with E-state index in [0.717, 1.165) is 6.42 Å². The Kier molecular flexibility index (Phi) is 3.45. The van der Waals surface area contributed by atoms with E-state index in [9.17, 15) is 0 Å². The van der Waals surface area contributed by atoms with Crippen LogP contribution in [0.3, 0.4) is 0 Å². The molecule has 1 heteroatoms. The molecule has 2 aromatic rings. The van der Waals surface area contributed by atoms with Crippen LogP contribution in [0.4, 0.5) is 0 Å². The van der Waals surface area contributed by atoms with Gasteiger partial charge in [-0.15, -0.1) is 0 Å². The number of aryl methyl sites for hydroxylation is 1. The Hall–Kier alpha value is -1.50. The summed E-state index contributed by atoms with van der Waals surface area (Å²) >= 11 is 0. The molecule has 0 aliphatic heterocycles. The molecule has 0 saturated carbocycles. The molecule has 0 radical (unpaired) electrons. The molecule has 0 amide bonds. The van der Waals surface area contributed by atoms with Crippen molar-refractivity contribution < 1.29 is 0 Å². The Morgan fingerprint density at radius 3 is 2.56 bits per heavy atom. The number of nitrogens with one attached hydrogen (secondary N) is 1. The van der Waals surface area contributed by atoms with Crippen molar-refractivity contribution >= 4 is 0 Å². The fraction of sp³-hybridized carbons (Fsp3) is 0.333. The standard InChI is InChI=1S/C15H19N/c1-3-7-14-10-11-16-15(14)12(2)13-8-5-4-6-9-13/h4-6,8-12,16H,3,7H2,1-2H3. The Morgan fingerprint density at radius 1 is 1.12 bits per heavy atom. The van der Waals surface area contributed by atoms with Crippen molar-refractivity contribution in [2.45, 2.75) is 32.6 Å². The van der Waals surface area contributed by atoms with Gasteiger partial charge >= 0.3 is 0 Å². The first-order valence-electron chi connectivity index (χ1n) is 6.04. The van der Waals surface area contributed by atoms with Gasteiger partial charge < -0.3 is 4.98 Å². The highest BCUT2D eigenvalue weighted by Crippen LogP contribution is 2.26. The Bertz CT molecular complexity index is 428. The Balaban J connectivity index is 2.27. The highest BCUT2D eigenvalue weighted by Gasteiger charge is 2.12. The van der Waals surface area contributed by atoms with Gasteiger partial charge in [0.15, 0.2) is 0 Å². The molecule has 1 N–H and O–H groups in total. The molecule has 1 aromatic carbocycles. The van der Waals surface area contributed by atoms with E-state index in [4.69, 9.17) is 0 Å². The van der Waals surface area contributed by atoms with Gasteiger partial charge in [-0.05, 0) is 23.6 Å². The zero-order valence-corrected chi connectivity index (χ0v) is 10.0. The summed E-state index contributed by atoms with van der Waals surface area (Å²) in [5, 5.41) is 0. The van der Waals surface area contributed by atoms with Gasteiger partial charge in [0.2, 0.25) is 0 Å². The number of hydrogen-bond acceptors (Lipinski definition) is 0. The van der Waals surface area contributed by atoms with Crippen molar-refractivity contribution in [1.82, 2.24) is 4.98 Å². The van der Waals surface area contributed by atoms with Gasteiger partial charge in [0, 0.05) is 17.8 Å². The summed E-state index contributed by atoms with van der Waals surface area (Å²) in [6.07, 6.45) is 4.42. The van der Waals surface area contributed by atoms with Gasteiger partial charge in [0.1, 0.15) is 0 Å². The first-order chi connectivity index (χ1) is 7.83. The topological polar surface area (TPSA) is 15.8 Å². The normalized spacial score (nSPS) is 12.6. The molecule has 0 spiro atoms. The van der Waals surface area contributed by atoms with Crippen LogP contribution in [0.5, 0.6) is 0 Å². The minimum absolute atomic E-state index is 0.456. The third-order valence-electron chi connectivity index (χ3n) is 3.12. The van der Waals surface area contributed by atoms with E-state index in [1.165, 1.54) is 23.2 Å². The maximum absolute atomic E-state index is 3.39. The molecule has 0 aliphatic rings. The zero-order chi connectivity index (χ0) is 11.4. The van der Waals surface area contributed by atoms with Crippen molar-refractivity contribution in [1.29, 1.82) is 0 Å². The van der Waals surface area contributed by atoms with Crippen molar-refractivity contribution in [3.8, 4) is 0 Å². The average Bonchev–Trinajstić information content (AvgIpc) is 2.78. The van der Waals surface area contributed by atoms with Gasteiger partial charge in [-0.25, -0.2) is 0 Å². The molecule has 1 nitrogen and oxygen atoms in total. The second-order valence-corrected chi connectivity index (χ2v) is 4.30. The van der Waals surface area contributed by atoms with Crippen molar-refractivity contribution in [3.05, 3.63) is 59.4 Å². The maximum Gasteiger partial charge on any atom is 0.0252 e. The van der Waals surface area contributed by atoms with Gasteiger partial charge in [0.25, 0.3) is 0 Å². The molecule has 16 heavy (non-hydrogen) atoms. The fourth-order valence-corrected chi connectivity index (χ4v) is 2.21. The molecule has 2 rings (SSSR count). The van der Waals surface area contributed by atoms with E-state index in [0.29, 0.717) is 5.92 Å². The summed E-state index contributed by atoms with van der Waals surface area (Å²) in [6, 6.07) is 12.9. The Morgan fingerprint density at radius 2 is 1.88 bits per heavy atom. The second-order valence-electron chi connectivity index (χ2n) is 4.30. The molecule has 0 bridgehead atoms. The first kappa shape index (κ1) is 11.0. The van der Waals surface area contributed by atoms with Gasteiger partial charge in [0.05, 0.1) is 0 Å². The molecular formula is C15H19N. The molecule has 1 heterocycles. The van der Waals surface area contributed by atoms with Gasteiger partial charge in [-0.2, -0.15) is 0 Å². The van der Waals surface area contributed by atoms with Gasteiger partial charge in [-0.3, -0.25) is 0 Å². The molecule has 1 atom stereocenters. The predicted molar refractivity (Wildman–Crippen MR) is 68.7 cm³/mol. The summed E-state index contributed by atoms with van der Waals surface area (Å²) in [5.41, 5.74) is 4.20. The van der Waals surface area contributed by atoms with Crippen LogP contribution in [0, 0.1) is 0 Å². The number of hydrogen-bond donors (Lipinski definition) is 1. The number of rotatable bonds is 4. The summed E-state index contributed by atoms with van der Waals surface area (Å²) < 4.78 is 0. The van der Waals surface area contributed by atoms with Crippen molar-refractivity contribution in [2.75, 3.05) is 0 Å². The number of aromatic nitrogens is 1. The van der Waals surface area contributed by atoms with Crippen LogP contribution in [0.2, 0.25) is 0 Å². The lowest BCUT2D eigenvalue weighted by Gasteiger charge is -2.13. The first-order valence-corrected chi connectivity index (χ1v) is 6.04. The van der Waals surface area contributed by atoms with Crippen LogP contribution in [0.1, 0.15) is 43.0 Å². The van der Waals surface area contributed by atoms with Gasteiger partial charge in [-0.1, -0.05) is 50.6 Å². The lowest BCUT2D eigenvalue weighted by Crippen LogP contribution is -2.00. The molecule has 84 valence electrons. The van der Waals surface area contributed by atoms with Crippen LogP contribution in [-0.2, 0) is 6.42 Å². The summed E-state index contributed by atoms with van der Waals surface area (Å²) in [5.74, 6) is 0.456. The van der Waals surface area contributed by atoms with Crippen LogP contribution in [-0.4, -0.2) is 4.98 Å². The van der Waals surface area contributed by atoms with E-state index >= 15 is 0 Å². The molecule has 0 aliphatic carbocycles. The van der Waals surface area contributed by atoms with Crippen molar-refractivity contribution in [3.63, 3.8) is 0 Å². The molecule has 0 saturated heterocycles. The van der Waals surface area contributed by atoms with E-state index in [1.807, 2.05) is 0 Å². The predicted octanol–water partition coefficient (Wildman–Crippen LogP) is 4.12. The Labute approximate surface area is 97.5 Å². The lowest BCUT2D eigenvalue weighted by molar-refractivity contribution is 0.833. The highest BCUT2D eigenvalue weighted by molar-refractivity contribution is 5.33. The third kappa shape index (κ3) is 2.19. The molecule has 0 fully saturated rings. The maximum atomic E-state index is 3.39. The molecular weight excluding hydrogens is 194 g/mol. The molecule has 1 aromatic heterocycles. The van der Waals surface area contributed by atoms with E-state index in [-0.39, 0.29) is 0 Å². The number of benzene rings is 1. The summed E-state index contributed by atoms with van der Waals surface area (Å²) in [7, 11) is 0. The monoisotopic (exact) mass is 213 g/mol. The lowest BCUT2D eigenvalue weighted by atomic mass is 9.94. The molecule has 1 unspecified atom stereocenters. The fourth-order valence-electron chi connectivity index (χ4n) is 2.21. The van der Waals surface area contributed by atoms with E-state index in [2.05, 4.69) is 61.4 Å². The van der Waals surface area contributed by atoms with Crippen LogP contribution >= 0.6 is 0 Å². The third-order valence-corrected chi connectivity index (χ3v) is 3.12. The van der Waals surface area contributed by atoms with E-state index in [1.54, 1.807) is 0 Å². The summed E-state index contributed by atoms with van der Waals surface area (Å²) in [4.78, 5) is 3.39. The largest absolute Gasteiger partial charge is 0.364 e. The highest BCUT2D eigenvalue weighted by atomic mass is 14.7. The minimum atomic E-state index is 0.456. The minimum Gasteiger partial charge on any atom is -0.364 e. The second kappa shape index (κ2) is 5.02. The zero-order valence-electron chi connectivity index (χ0n) is 10.0. The summed E-state index contributed by atoms with van der Waals surface area (Å²) in [6.45, 7) is 4.49. The van der Waals surface area contributed by atoms with Crippen molar-refractivity contribution in [2.24, 2.45) is 0 Å². The van der Waals surface area contributed by atoms with Crippen LogP contribution < -0.4 is 0 Å².